The first-order valence-electron chi connectivity index (χ1n) is 4.72. The highest BCUT2D eigenvalue weighted by atomic mass is 16.5. The molecule has 0 aliphatic heterocycles. The standard InChI is InChI=1S/C10H19NO4/c1-8(9(12)13)6-11-7-10(2,14)4-5-15-3/h11,14H,1,4-7H2,2-3H3,(H,12,13). The molecule has 0 aromatic heterocycles. The lowest BCUT2D eigenvalue weighted by Gasteiger charge is -2.23. The maximum atomic E-state index is 10.4. The van der Waals surface area contributed by atoms with Crippen LogP contribution in [0.15, 0.2) is 12.2 Å². The minimum Gasteiger partial charge on any atom is -0.478 e. The van der Waals surface area contributed by atoms with Gasteiger partial charge in [-0.25, -0.2) is 4.79 Å². The fourth-order valence-electron chi connectivity index (χ4n) is 0.969. The average molecular weight is 217 g/mol. The molecule has 0 rings (SSSR count). The lowest BCUT2D eigenvalue weighted by molar-refractivity contribution is -0.132. The summed E-state index contributed by atoms with van der Waals surface area (Å²) in [6, 6.07) is 0. The molecule has 0 aromatic carbocycles. The Hall–Kier alpha value is -0.910. The van der Waals surface area contributed by atoms with E-state index in [1.54, 1.807) is 14.0 Å². The molecule has 0 bridgehead atoms. The van der Waals surface area contributed by atoms with E-state index in [1.807, 2.05) is 0 Å². The van der Waals surface area contributed by atoms with E-state index in [0.717, 1.165) is 0 Å². The van der Waals surface area contributed by atoms with Gasteiger partial charge in [0.25, 0.3) is 0 Å². The van der Waals surface area contributed by atoms with E-state index < -0.39 is 11.6 Å². The highest BCUT2D eigenvalue weighted by molar-refractivity contribution is 5.86. The van der Waals surface area contributed by atoms with Crippen LogP contribution in [0.3, 0.4) is 0 Å². The number of ether oxygens (including phenoxy) is 1. The Kier molecular flexibility index (Phi) is 6.15. The molecule has 3 N–H and O–H groups in total. The first-order valence-corrected chi connectivity index (χ1v) is 4.72. The van der Waals surface area contributed by atoms with E-state index in [0.29, 0.717) is 19.6 Å². The molecule has 0 aromatic rings. The SMILES string of the molecule is C=C(CNCC(C)(O)CCOC)C(=O)O. The lowest BCUT2D eigenvalue weighted by atomic mass is 10.0. The van der Waals surface area contributed by atoms with Gasteiger partial charge in [0.1, 0.15) is 0 Å². The minimum atomic E-state index is -1.03. The monoisotopic (exact) mass is 217 g/mol. The predicted octanol–water partition coefficient (Wildman–Crippen LogP) is 0.00430. The van der Waals surface area contributed by atoms with Gasteiger partial charge in [0.05, 0.1) is 5.60 Å². The quantitative estimate of drug-likeness (QED) is 0.499. The number of rotatable bonds is 8. The van der Waals surface area contributed by atoms with Gasteiger partial charge in [-0.1, -0.05) is 6.58 Å². The fraction of sp³-hybridized carbons (Fsp3) is 0.700. The van der Waals surface area contributed by atoms with Crippen LogP contribution in [0.5, 0.6) is 0 Å². The van der Waals surface area contributed by atoms with Gasteiger partial charge in [0.2, 0.25) is 0 Å². The lowest BCUT2D eigenvalue weighted by Crippen LogP contribution is -2.39. The van der Waals surface area contributed by atoms with Gasteiger partial charge in [0.15, 0.2) is 0 Å². The zero-order valence-electron chi connectivity index (χ0n) is 9.25. The van der Waals surface area contributed by atoms with Crippen LogP contribution in [0.1, 0.15) is 13.3 Å². The molecular formula is C10H19NO4. The molecule has 0 fully saturated rings. The van der Waals surface area contributed by atoms with E-state index in [9.17, 15) is 9.90 Å². The third-order valence-electron chi connectivity index (χ3n) is 1.99. The topological polar surface area (TPSA) is 78.8 Å². The summed E-state index contributed by atoms with van der Waals surface area (Å²) in [4.78, 5) is 10.4. The number of aliphatic hydroxyl groups is 1. The number of carboxylic acid groups (broad SMARTS) is 1. The summed E-state index contributed by atoms with van der Waals surface area (Å²) in [5, 5.41) is 21.1. The van der Waals surface area contributed by atoms with E-state index >= 15 is 0 Å². The van der Waals surface area contributed by atoms with Gasteiger partial charge in [-0.2, -0.15) is 0 Å². The van der Waals surface area contributed by atoms with Gasteiger partial charge in [-0.05, 0) is 6.92 Å². The highest BCUT2D eigenvalue weighted by Gasteiger charge is 2.19. The predicted molar refractivity (Wildman–Crippen MR) is 56.8 cm³/mol. The van der Waals surface area contributed by atoms with Crippen molar-refractivity contribution in [3.63, 3.8) is 0 Å². The Balaban J connectivity index is 3.74. The molecule has 0 saturated carbocycles. The number of carbonyl (C=O) groups is 1. The summed E-state index contributed by atoms with van der Waals surface area (Å²) >= 11 is 0. The summed E-state index contributed by atoms with van der Waals surface area (Å²) in [6.07, 6.45) is 0.496. The molecule has 5 heteroatoms. The van der Waals surface area contributed by atoms with Crippen molar-refractivity contribution in [2.75, 3.05) is 26.8 Å². The number of aliphatic carboxylic acids is 1. The van der Waals surface area contributed by atoms with Crippen molar-refractivity contribution < 1.29 is 19.7 Å². The Bertz CT molecular complexity index is 225. The molecule has 0 saturated heterocycles. The summed E-state index contributed by atoms with van der Waals surface area (Å²) in [6.45, 7) is 5.98. The Morgan fingerprint density at radius 2 is 2.20 bits per heavy atom. The first-order chi connectivity index (χ1) is 6.89. The average Bonchev–Trinajstić information content (AvgIpc) is 2.14. The zero-order valence-corrected chi connectivity index (χ0v) is 9.25. The Labute approximate surface area is 89.7 Å². The van der Waals surface area contributed by atoms with Crippen molar-refractivity contribution in [2.45, 2.75) is 18.9 Å². The van der Waals surface area contributed by atoms with Crippen LogP contribution in [-0.4, -0.2) is 48.6 Å². The van der Waals surface area contributed by atoms with Gasteiger partial charge in [-0.3, -0.25) is 0 Å². The van der Waals surface area contributed by atoms with Crippen LogP contribution >= 0.6 is 0 Å². The molecule has 1 atom stereocenters. The molecule has 0 aliphatic rings. The normalized spacial score (nSPS) is 14.6. The number of carboxylic acids is 1. The van der Waals surface area contributed by atoms with E-state index in [2.05, 4.69) is 11.9 Å². The summed E-state index contributed by atoms with van der Waals surface area (Å²) in [7, 11) is 1.57. The second-order valence-corrected chi connectivity index (χ2v) is 3.75. The molecule has 0 aliphatic carbocycles. The van der Waals surface area contributed by atoms with Gasteiger partial charge >= 0.3 is 5.97 Å². The van der Waals surface area contributed by atoms with Crippen LogP contribution in [0.25, 0.3) is 0 Å². The van der Waals surface area contributed by atoms with Crippen LogP contribution in [0, 0.1) is 0 Å². The Morgan fingerprint density at radius 3 is 2.67 bits per heavy atom. The Morgan fingerprint density at radius 1 is 1.60 bits per heavy atom. The highest BCUT2D eigenvalue weighted by Crippen LogP contribution is 2.07. The maximum Gasteiger partial charge on any atom is 0.332 e. The first kappa shape index (κ1) is 14.1. The van der Waals surface area contributed by atoms with E-state index in [-0.39, 0.29) is 12.1 Å². The van der Waals surface area contributed by atoms with Crippen LogP contribution in [0.4, 0.5) is 0 Å². The van der Waals surface area contributed by atoms with Crippen molar-refractivity contribution in [2.24, 2.45) is 0 Å². The van der Waals surface area contributed by atoms with Crippen molar-refractivity contribution >= 4 is 5.97 Å². The number of hydrogen-bond acceptors (Lipinski definition) is 4. The summed E-state index contributed by atoms with van der Waals surface area (Å²) in [5.41, 5.74) is -0.813. The molecule has 0 spiro atoms. The second kappa shape index (κ2) is 6.55. The van der Waals surface area contributed by atoms with E-state index in [1.165, 1.54) is 0 Å². The van der Waals surface area contributed by atoms with Gasteiger partial charge in [-0.15, -0.1) is 0 Å². The second-order valence-electron chi connectivity index (χ2n) is 3.75. The smallest absolute Gasteiger partial charge is 0.332 e. The van der Waals surface area contributed by atoms with Crippen molar-refractivity contribution in [1.29, 1.82) is 0 Å². The molecule has 0 heterocycles. The molecular weight excluding hydrogens is 198 g/mol. The fourth-order valence-corrected chi connectivity index (χ4v) is 0.969. The number of methoxy groups -OCH3 is 1. The van der Waals surface area contributed by atoms with Gasteiger partial charge in [0, 0.05) is 38.8 Å². The third kappa shape index (κ3) is 7.07. The third-order valence-corrected chi connectivity index (χ3v) is 1.99. The molecule has 5 nitrogen and oxygen atoms in total. The van der Waals surface area contributed by atoms with Crippen LogP contribution < -0.4 is 5.32 Å². The van der Waals surface area contributed by atoms with E-state index in [4.69, 9.17) is 9.84 Å². The number of hydrogen-bond donors (Lipinski definition) is 3. The molecule has 15 heavy (non-hydrogen) atoms. The molecule has 88 valence electrons. The van der Waals surface area contributed by atoms with Gasteiger partial charge < -0.3 is 20.3 Å². The molecule has 0 radical (unpaired) electrons. The molecule has 0 amide bonds. The van der Waals surface area contributed by atoms with Crippen molar-refractivity contribution in [3.8, 4) is 0 Å². The van der Waals surface area contributed by atoms with Crippen molar-refractivity contribution in [3.05, 3.63) is 12.2 Å². The largest absolute Gasteiger partial charge is 0.478 e. The zero-order chi connectivity index (χ0) is 11.9. The molecule has 1 unspecified atom stereocenters. The maximum absolute atomic E-state index is 10.4. The summed E-state index contributed by atoms with van der Waals surface area (Å²) < 4.78 is 4.84. The number of nitrogens with one attached hydrogen (secondary N) is 1. The van der Waals surface area contributed by atoms with Crippen molar-refractivity contribution in [1.82, 2.24) is 5.32 Å². The summed E-state index contributed by atoms with van der Waals surface area (Å²) in [5.74, 6) is -1.03. The van der Waals surface area contributed by atoms with Crippen LogP contribution in [0.2, 0.25) is 0 Å². The van der Waals surface area contributed by atoms with Crippen LogP contribution in [-0.2, 0) is 9.53 Å². The minimum absolute atomic E-state index is 0.0811.